The summed E-state index contributed by atoms with van der Waals surface area (Å²) in [6, 6.07) is 0.546. The van der Waals surface area contributed by atoms with Crippen molar-refractivity contribution in [2.24, 2.45) is 5.92 Å². The first-order chi connectivity index (χ1) is 10.1. The van der Waals surface area contributed by atoms with Crippen LogP contribution in [-0.2, 0) is 0 Å². The Labute approximate surface area is 129 Å². The maximum atomic E-state index is 4.53. The van der Waals surface area contributed by atoms with E-state index in [1.54, 1.807) is 6.33 Å². The molecule has 2 rings (SSSR count). The highest BCUT2D eigenvalue weighted by Crippen LogP contribution is 2.32. The molecular formula is C17H30N4. The van der Waals surface area contributed by atoms with Gasteiger partial charge in [0.2, 0.25) is 0 Å². The lowest BCUT2D eigenvalue weighted by molar-refractivity contribution is 0.348. The van der Waals surface area contributed by atoms with Gasteiger partial charge in [-0.1, -0.05) is 40.5 Å². The van der Waals surface area contributed by atoms with Crippen molar-refractivity contribution < 1.29 is 0 Å². The summed E-state index contributed by atoms with van der Waals surface area (Å²) >= 11 is 0. The Bertz CT molecular complexity index is 444. The van der Waals surface area contributed by atoms with E-state index in [0.717, 1.165) is 30.5 Å². The van der Waals surface area contributed by atoms with E-state index in [1.165, 1.54) is 31.2 Å². The van der Waals surface area contributed by atoms with E-state index in [4.69, 9.17) is 0 Å². The van der Waals surface area contributed by atoms with Crippen molar-refractivity contribution in [3.8, 4) is 0 Å². The molecule has 1 saturated carbocycles. The van der Waals surface area contributed by atoms with Gasteiger partial charge in [0.1, 0.15) is 18.0 Å². The van der Waals surface area contributed by atoms with Crippen molar-refractivity contribution in [1.82, 2.24) is 9.97 Å². The molecule has 1 aliphatic carbocycles. The Morgan fingerprint density at radius 3 is 2.57 bits per heavy atom. The fraction of sp³-hybridized carbons (Fsp3) is 0.765. The van der Waals surface area contributed by atoms with Gasteiger partial charge in [-0.25, -0.2) is 9.97 Å². The summed E-state index contributed by atoms with van der Waals surface area (Å²) in [7, 11) is 0. The highest BCUT2D eigenvalue weighted by Gasteiger charge is 2.23. The van der Waals surface area contributed by atoms with Crippen LogP contribution >= 0.6 is 0 Å². The third-order valence-electron chi connectivity index (χ3n) is 4.44. The molecule has 1 aromatic heterocycles. The fourth-order valence-corrected chi connectivity index (χ4v) is 3.15. The van der Waals surface area contributed by atoms with E-state index in [2.05, 4.69) is 48.3 Å². The van der Waals surface area contributed by atoms with Crippen molar-refractivity contribution in [3.05, 3.63) is 11.9 Å². The summed E-state index contributed by atoms with van der Waals surface area (Å²) in [5.74, 6) is 3.15. The van der Waals surface area contributed by atoms with E-state index in [-0.39, 0.29) is 0 Å². The Balaban J connectivity index is 2.21. The second-order valence-electron chi connectivity index (χ2n) is 6.58. The first kappa shape index (κ1) is 16.1. The minimum Gasteiger partial charge on any atom is -0.370 e. The van der Waals surface area contributed by atoms with Gasteiger partial charge in [0.25, 0.3) is 0 Å². The zero-order chi connectivity index (χ0) is 15.2. The van der Waals surface area contributed by atoms with Gasteiger partial charge in [0.15, 0.2) is 0 Å². The summed E-state index contributed by atoms with van der Waals surface area (Å²) in [5, 5.41) is 7.15. The monoisotopic (exact) mass is 290 g/mol. The van der Waals surface area contributed by atoms with Crippen molar-refractivity contribution >= 4 is 11.6 Å². The number of hydrogen-bond acceptors (Lipinski definition) is 4. The molecule has 1 heterocycles. The van der Waals surface area contributed by atoms with Gasteiger partial charge in [-0.2, -0.15) is 0 Å². The SMILES string of the molecule is CCCNc1ncnc(NC2CCCCC2C)c1C(C)C. The molecular weight excluding hydrogens is 260 g/mol. The first-order valence-electron chi connectivity index (χ1n) is 8.48. The summed E-state index contributed by atoms with van der Waals surface area (Å²) in [4.78, 5) is 8.98. The van der Waals surface area contributed by atoms with Gasteiger partial charge in [-0.05, 0) is 31.1 Å². The van der Waals surface area contributed by atoms with Gasteiger partial charge < -0.3 is 10.6 Å². The van der Waals surface area contributed by atoms with Crippen molar-refractivity contribution in [2.45, 2.75) is 71.8 Å². The molecule has 0 saturated heterocycles. The minimum atomic E-state index is 0.409. The summed E-state index contributed by atoms with van der Waals surface area (Å²) in [6.45, 7) is 9.90. The van der Waals surface area contributed by atoms with Gasteiger partial charge in [0, 0.05) is 18.2 Å². The van der Waals surface area contributed by atoms with Crippen LogP contribution in [0.1, 0.15) is 71.3 Å². The van der Waals surface area contributed by atoms with Gasteiger partial charge in [-0.15, -0.1) is 0 Å². The highest BCUT2D eigenvalue weighted by molar-refractivity contribution is 5.59. The van der Waals surface area contributed by atoms with Crippen LogP contribution in [-0.4, -0.2) is 22.6 Å². The summed E-state index contributed by atoms with van der Waals surface area (Å²) < 4.78 is 0. The molecule has 0 bridgehead atoms. The van der Waals surface area contributed by atoms with E-state index in [9.17, 15) is 0 Å². The molecule has 0 amide bonds. The molecule has 1 aliphatic rings. The van der Waals surface area contributed by atoms with E-state index in [1.807, 2.05) is 0 Å². The molecule has 0 aromatic carbocycles. The number of nitrogens with zero attached hydrogens (tertiary/aromatic N) is 2. The number of aromatic nitrogens is 2. The zero-order valence-electron chi connectivity index (χ0n) is 13.9. The molecule has 4 nitrogen and oxygen atoms in total. The molecule has 0 aliphatic heterocycles. The number of hydrogen-bond donors (Lipinski definition) is 2. The molecule has 2 atom stereocenters. The van der Waals surface area contributed by atoms with Crippen LogP contribution in [0.15, 0.2) is 6.33 Å². The van der Waals surface area contributed by atoms with Crippen molar-refractivity contribution in [2.75, 3.05) is 17.2 Å². The molecule has 1 fully saturated rings. The largest absolute Gasteiger partial charge is 0.370 e. The third-order valence-corrected chi connectivity index (χ3v) is 4.44. The van der Waals surface area contributed by atoms with Crippen molar-refractivity contribution in [1.29, 1.82) is 0 Å². The van der Waals surface area contributed by atoms with Crippen molar-refractivity contribution in [3.63, 3.8) is 0 Å². The predicted octanol–water partition coefficient (Wildman–Crippen LogP) is 4.41. The molecule has 2 unspecified atom stereocenters. The van der Waals surface area contributed by atoms with Crippen LogP contribution < -0.4 is 10.6 Å². The van der Waals surface area contributed by atoms with Crippen LogP contribution in [0.2, 0.25) is 0 Å². The normalized spacial score (nSPS) is 22.3. The second-order valence-corrected chi connectivity index (χ2v) is 6.58. The molecule has 0 radical (unpaired) electrons. The quantitative estimate of drug-likeness (QED) is 0.814. The maximum Gasteiger partial charge on any atom is 0.135 e. The minimum absolute atomic E-state index is 0.409. The molecule has 4 heteroatoms. The third kappa shape index (κ3) is 4.08. The summed E-state index contributed by atoms with van der Waals surface area (Å²) in [5.41, 5.74) is 1.23. The van der Waals surface area contributed by atoms with Gasteiger partial charge in [0.05, 0.1) is 0 Å². The van der Waals surface area contributed by atoms with Crippen LogP contribution in [0.3, 0.4) is 0 Å². The lowest BCUT2D eigenvalue weighted by Crippen LogP contribution is -2.31. The van der Waals surface area contributed by atoms with Gasteiger partial charge in [-0.3, -0.25) is 0 Å². The Morgan fingerprint density at radius 1 is 1.19 bits per heavy atom. The maximum absolute atomic E-state index is 4.53. The van der Waals surface area contributed by atoms with E-state index < -0.39 is 0 Å². The average Bonchev–Trinajstić information content (AvgIpc) is 2.47. The predicted molar refractivity (Wildman–Crippen MR) is 89.9 cm³/mol. The Hall–Kier alpha value is -1.32. The first-order valence-corrected chi connectivity index (χ1v) is 8.48. The van der Waals surface area contributed by atoms with Crippen LogP contribution in [0, 0.1) is 5.92 Å². The van der Waals surface area contributed by atoms with Crippen LogP contribution in [0.4, 0.5) is 11.6 Å². The molecule has 2 N–H and O–H groups in total. The standard InChI is InChI=1S/C17H30N4/c1-5-10-18-16-15(12(2)3)17(20-11-19-16)21-14-9-7-6-8-13(14)4/h11-14H,5-10H2,1-4H3,(H2,18,19,20,21). The smallest absolute Gasteiger partial charge is 0.135 e. The molecule has 118 valence electrons. The number of anilines is 2. The average molecular weight is 290 g/mol. The van der Waals surface area contributed by atoms with Crippen LogP contribution in [0.5, 0.6) is 0 Å². The van der Waals surface area contributed by atoms with Crippen LogP contribution in [0.25, 0.3) is 0 Å². The Kier molecular flexibility index (Phi) is 5.83. The zero-order valence-corrected chi connectivity index (χ0v) is 13.9. The highest BCUT2D eigenvalue weighted by atomic mass is 15.1. The van der Waals surface area contributed by atoms with Gasteiger partial charge >= 0.3 is 0 Å². The molecule has 0 spiro atoms. The van der Waals surface area contributed by atoms with E-state index >= 15 is 0 Å². The molecule has 1 aromatic rings. The molecule has 21 heavy (non-hydrogen) atoms. The number of rotatable bonds is 6. The summed E-state index contributed by atoms with van der Waals surface area (Å²) in [6.07, 6.45) is 8.04. The number of nitrogens with one attached hydrogen (secondary N) is 2. The van der Waals surface area contributed by atoms with E-state index in [0.29, 0.717) is 12.0 Å². The lowest BCUT2D eigenvalue weighted by atomic mass is 9.86. The lowest BCUT2D eigenvalue weighted by Gasteiger charge is -2.31. The Morgan fingerprint density at radius 2 is 1.90 bits per heavy atom. The topological polar surface area (TPSA) is 49.8 Å². The fourth-order valence-electron chi connectivity index (χ4n) is 3.15. The second kappa shape index (κ2) is 7.62.